The predicted molar refractivity (Wildman–Crippen MR) is 115 cm³/mol. The van der Waals surface area contributed by atoms with E-state index in [0.717, 1.165) is 17.7 Å². The van der Waals surface area contributed by atoms with Crippen molar-refractivity contribution in [3.8, 4) is 0 Å². The lowest BCUT2D eigenvalue weighted by Gasteiger charge is -2.05. The van der Waals surface area contributed by atoms with Gasteiger partial charge in [-0.15, -0.1) is 0 Å². The summed E-state index contributed by atoms with van der Waals surface area (Å²) in [7, 11) is 0. The molecule has 0 fully saturated rings. The van der Waals surface area contributed by atoms with Crippen LogP contribution < -0.4 is 0 Å². The second kappa shape index (κ2) is 13.0. The first-order chi connectivity index (χ1) is 14.4. The Balaban J connectivity index is 0.000000300. The number of rotatable bonds is 8. The topological polar surface area (TPSA) is 95.5 Å². The van der Waals surface area contributed by atoms with Gasteiger partial charge in [0.15, 0.2) is 6.29 Å². The molecule has 0 aliphatic heterocycles. The molecule has 0 aliphatic carbocycles. The Morgan fingerprint density at radius 2 is 1.30 bits per heavy atom. The fourth-order valence-corrected chi connectivity index (χ4v) is 2.54. The number of hydrogen-bond donors (Lipinski definition) is 0. The van der Waals surface area contributed by atoms with Crippen LogP contribution in [0.2, 0.25) is 0 Å². The molecular formula is C23H28N2O5. The van der Waals surface area contributed by atoms with E-state index in [4.69, 9.17) is 9.47 Å². The van der Waals surface area contributed by atoms with Crippen molar-refractivity contribution in [3.05, 3.63) is 64.7 Å². The van der Waals surface area contributed by atoms with Gasteiger partial charge in [-0.25, -0.2) is 9.59 Å². The van der Waals surface area contributed by atoms with Crippen molar-refractivity contribution in [2.45, 2.75) is 40.5 Å². The summed E-state index contributed by atoms with van der Waals surface area (Å²) < 4.78 is 9.69. The largest absolute Gasteiger partial charge is 0.462 e. The maximum Gasteiger partial charge on any atom is 0.339 e. The van der Waals surface area contributed by atoms with E-state index < -0.39 is 5.97 Å². The number of hydrogen-bond acceptors (Lipinski definition) is 7. The zero-order valence-electron chi connectivity index (χ0n) is 17.9. The van der Waals surface area contributed by atoms with Crippen molar-refractivity contribution in [1.82, 2.24) is 9.97 Å². The Labute approximate surface area is 177 Å². The van der Waals surface area contributed by atoms with Crippen LogP contribution in [0.15, 0.2) is 31.1 Å². The smallest absolute Gasteiger partial charge is 0.339 e. The number of aryl methyl sites for hydroxylation is 2. The molecule has 160 valence electrons. The van der Waals surface area contributed by atoms with Crippen LogP contribution in [-0.2, 0) is 22.3 Å². The minimum Gasteiger partial charge on any atom is -0.462 e. The van der Waals surface area contributed by atoms with Crippen molar-refractivity contribution in [1.29, 1.82) is 0 Å². The molecule has 0 radical (unpaired) electrons. The van der Waals surface area contributed by atoms with E-state index in [2.05, 4.69) is 16.5 Å². The Kier molecular flexibility index (Phi) is 10.7. The molecule has 0 saturated carbocycles. The average Bonchev–Trinajstić information content (AvgIpc) is 2.78. The lowest BCUT2D eigenvalue weighted by atomic mass is 10.1. The number of esters is 2. The minimum absolute atomic E-state index is 0.310. The fraction of sp³-hybridized carbons (Fsp3) is 0.348. The van der Waals surface area contributed by atoms with Gasteiger partial charge in [-0.2, -0.15) is 0 Å². The number of carbonyl (C=O) groups excluding carboxylic acids is 3. The molecule has 0 aromatic carbocycles. The van der Waals surface area contributed by atoms with Crippen molar-refractivity contribution >= 4 is 24.3 Å². The summed E-state index contributed by atoms with van der Waals surface area (Å²) in [5.74, 6) is -0.786. The van der Waals surface area contributed by atoms with Crippen molar-refractivity contribution < 1.29 is 23.9 Å². The first-order valence-corrected chi connectivity index (χ1v) is 9.85. The average molecular weight is 412 g/mol. The van der Waals surface area contributed by atoms with Crippen LogP contribution in [0, 0.1) is 0 Å². The number of aromatic nitrogens is 2. The molecule has 0 amide bonds. The maximum atomic E-state index is 11.4. The summed E-state index contributed by atoms with van der Waals surface area (Å²) in [6.07, 6.45) is 6.87. The van der Waals surface area contributed by atoms with E-state index >= 15 is 0 Å². The Bertz CT molecular complexity index is 820. The van der Waals surface area contributed by atoms with Crippen molar-refractivity contribution in [2.24, 2.45) is 0 Å². The molecule has 0 atom stereocenters. The predicted octanol–water partition coefficient (Wildman–Crippen LogP) is 4.10. The van der Waals surface area contributed by atoms with Crippen LogP contribution in [-0.4, -0.2) is 41.4 Å². The summed E-state index contributed by atoms with van der Waals surface area (Å²) >= 11 is 0. The monoisotopic (exact) mass is 412 g/mol. The lowest BCUT2D eigenvalue weighted by Crippen LogP contribution is -2.07. The molecule has 30 heavy (non-hydrogen) atoms. The number of nitrogens with zero attached hydrogens (tertiary/aromatic N) is 2. The van der Waals surface area contributed by atoms with Gasteiger partial charge in [0.25, 0.3) is 0 Å². The van der Waals surface area contributed by atoms with Gasteiger partial charge in [0.1, 0.15) is 0 Å². The van der Waals surface area contributed by atoms with Crippen LogP contribution >= 0.6 is 0 Å². The summed E-state index contributed by atoms with van der Waals surface area (Å²) in [6.45, 7) is 11.8. The van der Waals surface area contributed by atoms with E-state index in [9.17, 15) is 14.4 Å². The first-order valence-electron chi connectivity index (χ1n) is 9.85. The van der Waals surface area contributed by atoms with Gasteiger partial charge in [0.05, 0.1) is 30.0 Å². The van der Waals surface area contributed by atoms with Gasteiger partial charge >= 0.3 is 11.9 Å². The lowest BCUT2D eigenvalue weighted by molar-refractivity contribution is 0.0516. The summed E-state index contributed by atoms with van der Waals surface area (Å²) in [6, 6.07) is 3.27. The number of pyridine rings is 2. The zero-order valence-corrected chi connectivity index (χ0v) is 17.9. The van der Waals surface area contributed by atoms with Crippen LogP contribution in [0.3, 0.4) is 0 Å². The van der Waals surface area contributed by atoms with E-state index in [1.165, 1.54) is 12.3 Å². The summed E-state index contributed by atoms with van der Waals surface area (Å²) in [5, 5.41) is 0. The molecule has 0 spiro atoms. The van der Waals surface area contributed by atoms with E-state index in [0.29, 0.717) is 48.3 Å². The van der Waals surface area contributed by atoms with Gasteiger partial charge in [-0.1, -0.05) is 26.5 Å². The second-order valence-electron chi connectivity index (χ2n) is 5.99. The van der Waals surface area contributed by atoms with E-state index in [-0.39, 0.29) is 5.97 Å². The highest BCUT2D eigenvalue weighted by molar-refractivity contribution is 5.91. The van der Waals surface area contributed by atoms with Crippen LogP contribution in [0.4, 0.5) is 0 Å². The molecule has 7 heteroatoms. The molecule has 2 rings (SSSR count). The minimum atomic E-state index is -0.448. The molecule has 0 aliphatic rings. The highest BCUT2D eigenvalue weighted by Gasteiger charge is 2.10. The highest BCUT2D eigenvalue weighted by Crippen LogP contribution is 2.12. The van der Waals surface area contributed by atoms with Crippen LogP contribution in [0.25, 0.3) is 6.08 Å². The Hall–Kier alpha value is -3.35. The van der Waals surface area contributed by atoms with Gasteiger partial charge in [0, 0.05) is 23.7 Å². The van der Waals surface area contributed by atoms with Crippen LogP contribution in [0.5, 0.6) is 0 Å². The third-order valence-electron chi connectivity index (χ3n) is 4.05. The highest BCUT2D eigenvalue weighted by atomic mass is 16.5. The van der Waals surface area contributed by atoms with Gasteiger partial charge < -0.3 is 9.47 Å². The molecule has 0 N–H and O–H groups in total. The molecule has 7 nitrogen and oxygen atoms in total. The summed E-state index contributed by atoms with van der Waals surface area (Å²) in [4.78, 5) is 41.7. The maximum absolute atomic E-state index is 11.4. The first kappa shape index (κ1) is 24.7. The van der Waals surface area contributed by atoms with Crippen molar-refractivity contribution in [2.75, 3.05) is 13.2 Å². The number of ether oxygens (including phenoxy) is 2. The van der Waals surface area contributed by atoms with Gasteiger partial charge in [-0.3, -0.25) is 14.8 Å². The fourth-order valence-electron chi connectivity index (χ4n) is 2.54. The number of aldehydes is 1. The molecule has 2 heterocycles. The number of carbonyl (C=O) groups is 3. The SMILES string of the molecule is C=Cc1cc(C(=O)OCC)cnc1CC.CCOC(=O)c1cnc(CC)c(C=O)c1. The van der Waals surface area contributed by atoms with E-state index in [1.807, 2.05) is 13.8 Å². The zero-order chi connectivity index (χ0) is 22.5. The molecule has 0 saturated heterocycles. The van der Waals surface area contributed by atoms with E-state index in [1.54, 1.807) is 32.2 Å². The Morgan fingerprint density at radius 3 is 1.67 bits per heavy atom. The molecule has 2 aromatic heterocycles. The molecule has 0 unspecified atom stereocenters. The second-order valence-corrected chi connectivity index (χ2v) is 5.99. The molecule has 0 bridgehead atoms. The standard InChI is InChI=1S/C12H15NO2.C11H13NO3/c1-4-9-7-10(12(14)15-6-3)8-13-11(9)5-2;1-3-10-9(7-13)5-8(6-12-10)11(14)15-4-2/h4,7-8H,1,5-6H2,2-3H3;5-7H,3-4H2,1-2H3. The molecular weight excluding hydrogens is 384 g/mol. The Morgan fingerprint density at radius 1 is 0.867 bits per heavy atom. The molecule has 2 aromatic rings. The third-order valence-corrected chi connectivity index (χ3v) is 4.05. The summed E-state index contributed by atoms with van der Waals surface area (Å²) in [5.41, 5.74) is 3.77. The van der Waals surface area contributed by atoms with Gasteiger partial charge in [0.2, 0.25) is 0 Å². The third kappa shape index (κ3) is 6.92. The van der Waals surface area contributed by atoms with Crippen LogP contribution in [0.1, 0.15) is 75.7 Å². The van der Waals surface area contributed by atoms with Crippen molar-refractivity contribution in [3.63, 3.8) is 0 Å². The van der Waals surface area contributed by atoms with Gasteiger partial charge in [-0.05, 0) is 44.4 Å². The quantitative estimate of drug-likeness (QED) is 0.476. The normalized spacial score (nSPS) is 9.73.